The van der Waals surface area contributed by atoms with Crippen molar-refractivity contribution in [1.29, 1.82) is 0 Å². The number of hydrogen-bond donors (Lipinski definition) is 0. The smallest absolute Gasteiger partial charge is 0.316 e. The number of carbonyl (C=O) groups excluding carboxylic acids is 1. The maximum Gasteiger partial charge on any atom is 0.316 e. The minimum absolute atomic E-state index is 0.155. The molecule has 0 fully saturated rings. The molecule has 0 saturated heterocycles. The summed E-state index contributed by atoms with van der Waals surface area (Å²) in [6.45, 7) is 12.6. The molecule has 0 bridgehead atoms. The van der Waals surface area contributed by atoms with E-state index in [0.29, 0.717) is 6.16 Å². The molecule has 4 nitrogen and oxygen atoms in total. The van der Waals surface area contributed by atoms with Gasteiger partial charge in [-0.1, -0.05) is 6.92 Å². The summed E-state index contributed by atoms with van der Waals surface area (Å²) in [4.78, 5) is 11.6. The Morgan fingerprint density at radius 2 is 1.53 bits per heavy atom. The van der Waals surface area contributed by atoms with Crippen molar-refractivity contribution in [2.45, 2.75) is 59.7 Å². The van der Waals surface area contributed by atoms with Crippen LogP contribution < -0.4 is 0 Å². The third-order valence-electron chi connectivity index (χ3n) is 1.71. The predicted molar refractivity (Wildman–Crippen MR) is 69.7 cm³/mol. The first-order valence-electron chi connectivity index (χ1n) is 5.87. The maximum absolute atomic E-state index is 12.4. The molecule has 5 heteroatoms. The van der Waals surface area contributed by atoms with E-state index in [1.54, 1.807) is 27.7 Å². The Kier molecular flexibility index (Phi) is 5.42. The van der Waals surface area contributed by atoms with Gasteiger partial charge in [-0.05, 0) is 41.5 Å². The van der Waals surface area contributed by atoms with Gasteiger partial charge in [0.2, 0.25) is 7.37 Å². The van der Waals surface area contributed by atoms with Crippen LogP contribution in [0.25, 0.3) is 0 Å². The van der Waals surface area contributed by atoms with Gasteiger partial charge in [0.25, 0.3) is 0 Å². The minimum Gasteiger partial charge on any atom is -0.460 e. The van der Waals surface area contributed by atoms with E-state index in [9.17, 15) is 9.36 Å². The van der Waals surface area contributed by atoms with E-state index >= 15 is 0 Å². The maximum atomic E-state index is 12.4. The van der Waals surface area contributed by atoms with Gasteiger partial charge in [-0.2, -0.15) is 0 Å². The van der Waals surface area contributed by atoms with Crippen molar-refractivity contribution in [2.24, 2.45) is 0 Å². The average molecular weight is 264 g/mol. The Bertz CT molecular complexity index is 309. The lowest BCUT2D eigenvalue weighted by Gasteiger charge is -2.27. The Morgan fingerprint density at radius 1 is 1.06 bits per heavy atom. The summed E-state index contributed by atoms with van der Waals surface area (Å²) in [6.07, 6.45) is 0.182. The second-order valence-corrected chi connectivity index (χ2v) is 8.84. The van der Waals surface area contributed by atoms with Crippen molar-refractivity contribution < 1.29 is 18.6 Å². The molecule has 0 spiro atoms. The Balaban J connectivity index is 4.60. The van der Waals surface area contributed by atoms with Crippen LogP contribution in [0.5, 0.6) is 0 Å². The van der Waals surface area contributed by atoms with Gasteiger partial charge in [-0.25, -0.2) is 0 Å². The zero-order valence-corrected chi connectivity index (χ0v) is 12.9. The average Bonchev–Trinajstić information content (AvgIpc) is 1.95. The first-order valence-corrected chi connectivity index (χ1v) is 7.87. The van der Waals surface area contributed by atoms with E-state index in [1.165, 1.54) is 0 Å². The zero-order chi connectivity index (χ0) is 13.9. The fourth-order valence-corrected chi connectivity index (χ4v) is 3.15. The van der Waals surface area contributed by atoms with Crippen LogP contribution in [-0.4, -0.2) is 29.5 Å². The van der Waals surface area contributed by atoms with Gasteiger partial charge in [0.1, 0.15) is 11.8 Å². The van der Waals surface area contributed by atoms with Crippen molar-refractivity contribution >= 4 is 13.3 Å². The summed E-state index contributed by atoms with van der Waals surface area (Å²) in [6, 6.07) is 0. The summed E-state index contributed by atoms with van der Waals surface area (Å²) in [5.41, 5.74) is -1.08. The molecule has 0 heterocycles. The quantitative estimate of drug-likeness (QED) is 0.576. The third kappa shape index (κ3) is 8.39. The van der Waals surface area contributed by atoms with E-state index in [0.717, 1.165) is 0 Å². The lowest BCUT2D eigenvalue weighted by Crippen LogP contribution is -2.27. The van der Waals surface area contributed by atoms with E-state index in [4.69, 9.17) is 9.26 Å². The minimum atomic E-state index is -2.94. The van der Waals surface area contributed by atoms with E-state index in [-0.39, 0.29) is 6.16 Å². The molecule has 1 atom stereocenters. The molecule has 0 aromatic heterocycles. The highest BCUT2D eigenvalue weighted by Gasteiger charge is 2.32. The summed E-state index contributed by atoms with van der Waals surface area (Å²) >= 11 is 0. The first-order chi connectivity index (χ1) is 7.37. The molecule has 0 aliphatic rings. The fraction of sp³-hybridized carbons (Fsp3) is 0.917. The van der Waals surface area contributed by atoms with Gasteiger partial charge < -0.3 is 9.26 Å². The second kappa shape index (κ2) is 5.53. The SMILES string of the molecule is CCP(=O)(CC(=O)OC(C)(C)C)OC(C)(C)C. The Morgan fingerprint density at radius 3 is 1.82 bits per heavy atom. The van der Waals surface area contributed by atoms with Gasteiger partial charge in [0, 0.05) is 6.16 Å². The molecule has 0 aromatic carbocycles. The molecule has 102 valence electrons. The van der Waals surface area contributed by atoms with Gasteiger partial charge in [-0.15, -0.1) is 0 Å². The van der Waals surface area contributed by atoms with Crippen molar-refractivity contribution in [2.75, 3.05) is 12.3 Å². The van der Waals surface area contributed by atoms with Crippen LogP contribution in [0.1, 0.15) is 48.5 Å². The number of ether oxygens (including phenoxy) is 1. The van der Waals surface area contributed by atoms with Crippen LogP contribution in [0.15, 0.2) is 0 Å². The highest BCUT2D eigenvalue weighted by atomic mass is 31.2. The molecular weight excluding hydrogens is 239 g/mol. The molecule has 0 rings (SSSR count). The summed E-state index contributed by atoms with van der Waals surface area (Å²) in [5.74, 6) is -0.466. The number of rotatable bonds is 4. The van der Waals surface area contributed by atoms with E-state index in [1.807, 2.05) is 20.8 Å². The molecule has 0 aliphatic heterocycles. The van der Waals surface area contributed by atoms with Gasteiger partial charge >= 0.3 is 5.97 Å². The van der Waals surface area contributed by atoms with Crippen molar-refractivity contribution in [3.05, 3.63) is 0 Å². The summed E-state index contributed by atoms with van der Waals surface area (Å²) < 4.78 is 23.0. The monoisotopic (exact) mass is 264 g/mol. The van der Waals surface area contributed by atoms with Crippen molar-refractivity contribution in [3.63, 3.8) is 0 Å². The number of hydrogen-bond acceptors (Lipinski definition) is 4. The molecule has 0 N–H and O–H groups in total. The molecule has 0 aromatic rings. The fourth-order valence-electron chi connectivity index (χ4n) is 1.28. The molecule has 0 radical (unpaired) electrons. The zero-order valence-electron chi connectivity index (χ0n) is 12.0. The predicted octanol–water partition coefficient (Wildman–Crippen LogP) is 3.44. The van der Waals surface area contributed by atoms with Crippen LogP contribution in [0.4, 0.5) is 0 Å². The highest BCUT2D eigenvalue weighted by Crippen LogP contribution is 2.49. The number of carbonyl (C=O) groups is 1. The lowest BCUT2D eigenvalue weighted by molar-refractivity contribution is -0.151. The van der Waals surface area contributed by atoms with Crippen molar-refractivity contribution in [3.8, 4) is 0 Å². The van der Waals surface area contributed by atoms with Gasteiger partial charge in [-0.3, -0.25) is 9.36 Å². The molecular formula is C12H25O4P. The van der Waals surface area contributed by atoms with E-state index < -0.39 is 24.5 Å². The van der Waals surface area contributed by atoms with Crippen LogP contribution >= 0.6 is 7.37 Å². The summed E-state index contributed by atoms with van der Waals surface area (Å²) in [5, 5.41) is 0. The molecule has 17 heavy (non-hydrogen) atoms. The molecule has 0 saturated carbocycles. The van der Waals surface area contributed by atoms with Gasteiger partial charge in [0.05, 0.1) is 5.60 Å². The largest absolute Gasteiger partial charge is 0.460 e. The van der Waals surface area contributed by atoms with Crippen LogP contribution in [0.3, 0.4) is 0 Å². The van der Waals surface area contributed by atoms with Gasteiger partial charge in [0.15, 0.2) is 0 Å². The van der Waals surface area contributed by atoms with Crippen LogP contribution in [0.2, 0.25) is 0 Å². The topological polar surface area (TPSA) is 52.6 Å². The third-order valence-corrected chi connectivity index (χ3v) is 4.30. The molecule has 0 aliphatic carbocycles. The molecule has 1 unspecified atom stereocenters. The van der Waals surface area contributed by atoms with Crippen LogP contribution in [-0.2, 0) is 18.6 Å². The Hall–Kier alpha value is -0.340. The highest BCUT2D eigenvalue weighted by molar-refractivity contribution is 7.59. The lowest BCUT2D eigenvalue weighted by atomic mass is 10.2. The normalized spacial score (nSPS) is 16.4. The van der Waals surface area contributed by atoms with E-state index in [2.05, 4.69) is 0 Å². The first kappa shape index (κ1) is 16.7. The Labute approximate surface area is 105 Å². The molecule has 0 amide bonds. The van der Waals surface area contributed by atoms with Crippen molar-refractivity contribution in [1.82, 2.24) is 0 Å². The standard InChI is InChI=1S/C12H25O4P/c1-8-17(14,16-12(5,6)7)9-10(13)15-11(2,3)4/h8-9H2,1-7H3. The van der Waals surface area contributed by atoms with Crippen LogP contribution in [0, 0.1) is 0 Å². The second-order valence-electron chi connectivity index (χ2n) is 6.08. The summed E-state index contributed by atoms with van der Waals surface area (Å²) in [7, 11) is -2.94. The number of esters is 1.